The predicted molar refractivity (Wildman–Crippen MR) is 47.6 cm³/mol. The van der Waals surface area contributed by atoms with Crippen molar-refractivity contribution >= 4 is 5.69 Å². The third-order valence-electron chi connectivity index (χ3n) is 1.31. The monoisotopic (exact) mass is 163 g/mol. The molecule has 0 saturated heterocycles. The molecule has 3 nitrogen and oxygen atoms in total. The second kappa shape index (κ2) is 4.28. The van der Waals surface area contributed by atoms with Crippen molar-refractivity contribution in [3.05, 3.63) is 41.8 Å². The highest BCUT2D eigenvalue weighted by molar-refractivity contribution is 5.40. The molecule has 3 heteroatoms. The Morgan fingerprint density at radius 3 is 2.58 bits per heavy atom. The van der Waals surface area contributed by atoms with E-state index in [1.165, 1.54) is 0 Å². The predicted octanol–water partition coefficient (Wildman–Crippen LogP) is 2.65. The van der Waals surface area contributed by atoms with Crippen molar-refractivity contribution in [1.82, 2.24) is 0 Å². The minimum absolute atomic E-state index is 0.404. The van der Waals surface area contributed by atoms with Crippen LogP contribution in [0.25, 0.3) is 0 Å². The molecule has 12 heavy (non-hydrogen) atoms. The largest absolute Gasteiger partial charge is 0.490 e. The Morgan fingerprint density at radius 2 is 2.08 bits per heavy atom. The summed E-state index contributed by atoms with van der Waals surface area (Å²) in [4.78, 5) is 10.0. The highest BCUT2D eigenvalue weighted by atomic mass is 16.5. The summed E-state index contributed by atoms with van der Waals surface area (Å²) in [6.07, 6.45) is 1.66. The molecule has 1 rings (SSSR count). The van der Waals surface area contributed by atoms with Crippen molar-refractivity contribution in [2.45, 2.75) is 0 Å². The number of hydrogen-bond acceptors (Lipinski definition) is 3. The summed E-state index contributed by atoms with van der Waals surface area (Å²) in [6, 6.07) is 6.59. The number of nitrogens with zero attached hydrogens (tertiary/aromatic N) is 1. The van der Waals surface area contributed by atoms with E-state index in [4.69, 9.17) is 4.74 Å². The number of rotatable bonds is 4. The molecule has 0 aliphatic rings. The van der Waals surface area contributed by atoms with E-state index in [0.717, 1.165) is 0 Å². The molecule has 1 aromatic rings. The summed E-state index contributed by atoms with van der Waals surface area (Å²) in [5.41, 5.74) is 0.404. The number of hydrogen-bond donors (Lipinski definition) is 0. The van der Waals surface area contributed by atoms with Crippen LogP contribution < -0.4 is 4.74 Å². The minimum Gasteiger partial charge on any atom is -0.490 e. The van der Waals surface area contributed by atoms with Crippen LogP contribution >= 0.6 is 0 Å². The second-order valence-corrected chi connectivity index (χ2v) is 2.18. The van der Waals surface area contributed by atoms with E-state index >= 15 is 0 Å². The summed E-state index contributed by atoms with van der Waals surface area (Å²) >= 11 is 0. The standard InChI is InChI=1S/C9H9NO2/c1-2-7-12-9-5-3-8(10-11)4-6-9/h2-6H,1,7H2. The van der Waals surface area contributed by atoms with Gasteiger partial charge in [-0.05, 0) is 29.4 Å². The van der Waals surface area contributed by atoms with Crippen LogP contribution in [0.5, 0.6) is 5.75 Å². The molecule has 0 spiro atoms. The van der Waals surface area contributed by atoms with Gasteiger partial charge in [-0.15, -0.1) is 4.91 Å². The Kier molecular flexibility index (Phi) is 3.02. The highest BCUT2D eigenvalue weighted by Crippen LogP contribution is 2.17. The molecule has 1 aromatic carbocycles. The van der Waals surface area contributed by atoms with Gasteiger partial charge in [0.1, 0.15) is 18.0 Å². The van der Waals surface area contributed by atoms with E-state index in [9.17, 15) is 4.91 Å². The molecule has 0 atom stereocenters. The highest BCUT2D eigenvalue weighted by Gasteiger charge is 1.92. The topological polar surface area (TPSA) is 38.7 Å². The van der Waals surface area contributed by atoms with Gasteiger partial charge in [0.2, 0.25) is 0 Å². The van der Waals surface area contributed by atoms with Gasteiger partial charge in [0.25, 0.3) is 0 Å². The SMILES string of the molecule is C=CCOc1ccc(N=O)cc1. The fraction of sp³-hybridized carbons (Fsp3) is 0.111. The van der Waals surface area contributed by atoms with Crippen LogP contribution in [0.15, 0.2) is 42.1 Å². The van der Waals surface area contributed by atoms with Crippen molar-refractivity contribution in [3.8, 4) is 5.75 Å². The lowest BCUT2D eigenvalue weighted by Gasteiger charge is -2.01. The third kappa shape index (κ3) is 2.20. The Morgan fingerprint density at radius 1 is 1.42 bits per heavy atom. The van der Waals surface area contributed by atoms with Crippen molar-refractivity contribution in [2.24, 2.45) is 5.18 Å². The molecule has 0 saturated carbocycles. The summed E-state index contributed by atoms with van der Waals surface area (Å²) < 4.78 is 5.19. The van der Waals surface area contributed by atoms with Gasteiger partial charge in [0.15, 0.2) is 0 Å². The van der Waals surface area contributed by atoms with Gasteiger partial charge >= 0.3 is 0 Å². The minimum atomic E-state index is 0.404. The average molecular weight is 163 g/mol. The lowest BCUT2D eigenvalue weighted by Crippen LogP contribution is -1.91. The van der Waals surface area contributed by atoms with Crippen LogP contribution in [0, 0.1) is 4.91 Å². The van der Waals surface area contributed by atoms with Crippen LogP contribution in [0.1, 0.15) is 0 Å². The molecule has 0 radical (unpaired) electrons. The van der Waals surface area contributed by atoms with Gasteiger partial charge in [-0.1, -0.05) is 12.7 Å². The Bertz CT molecular complexity index is 266. The van der Waals surface area contributed by atoms with Crippen LogP contribution in [0.4, 0.5) is 5.69 Å². The lowest BCUT2D eigenvalue weighted by atomic mass is 10.3. The Labute approximate surface area is 70.6 Å². The van der Waals surface area contributed by atoms with Gasteiger partial charge < -0.3 is 4.74 Å². The van der Waals surface area contributed by atoms with E-state index in [1.807, 2.05) is 0 Å². The van der Waals surface area contributed by atoms with Crippen LogP contribution in [0.2, 0.25) is 0 Å². The molecule has 0 fully saturated rings. The molecule has 0 aliphatic carbocycles. The van der Waals surface area contributed by atoms with E-state index in [2.05, 4.69) is 11.8 Å². The second-order valence-electron chi connectivity index (χ2n) is 2.18. The molecule has 0 bridgehead atoms. The normalized spacial score (nSPS) is 9.00. The molecule has 0 aliphatic heterocycles. The molecule has 0 amide bonds. The molecule has 62 valence electrons. The quantitative estimate of drug-likeness (QED) is 0.505. The van der Waals surface area contributed by atoms with Gasteiger partial charge in [0, 0.05) is 0 Å². The van der Waals surface area contributed by atoms with Crippen LogP contribution in [-0.2, 0) is 0 Å². The van der Waals surface area contributed by atoms with Crippen molar-refractivity contribution in [2.75, 3.05) is 6.61 Å². The fourth-order valence-electron chi connectivity index (χ4n) is 0.758. The van der Waals surface area contributed by atoms with E-state index in [0.29, 0.717) is 18.0 Å². The summed E-state index contributed by atoms with van der Waals surface area (Å²) in [7, 11) is 0. The first kappa shape index (κ1) is 8.46. The number of benzene rings is 1. The zero-order valence-electron chi connectivity index (χ0n) is 6.56. The summed E-state index contributed by atoms with van der Waals surface area (Å²) in [5, 5.41) is 2.77. The first-order chi connectivity index (χ1) is 5.86. The first-order valence-corrected chi connectivity index (χ1v) is 3.54. The maximum atomic E-state index is 10.0. The fourth-order valence-corrected chi connectivity index (χ4v) is 0.758. The van der Waals surface area contributed by atoms with E-state index < -0.39 is 0 Å². The summed E-state index contributed by atoms with van der Waals surface area (Å²) in [5.74, 6) is 0.710. The van der Waals surface area contributed by atoms with Crippen LogP contribution in [0.3, 0.4) is 0 Å². The van der Waals surface area contributed by atoms with Crippen LogP contribution in [-0.4, -0.2) is 6.61 Å². The zero-order chi connectivity index (χ0) is 8.81. The molecular formula is C9H9NO2. The summed E-state index contributed by atoms with van der Waals surface area (Å²) in [6.45, 7) is 3.98. The first-order valence-electron chi connectivity index (χ1n) is 3.54. The molecule has 0 heterocycles. The molecule has 0 aromatic heterocycles. The van der Waals surface area contributed by atoms with E-state index in [1.54, 1.807) is 30.3 Å². The smallest absolute Gasteiger partial charge is 0.119 e. The van der Waals surface area contributed by atoms with Gasteiger partial charge in [0.05, 0.1) is 0 Å². The maximum absolute atomic E-state index is 10.0. The van der Waals surface area contributed by atoms with Gasteiger partial charge in [-0.25, -0.2) is 0 Å². The Balaban J connectivity index is 2.64. The molecule has 0 N–H and O–H groups in total. The number of nitroso groups, excluding NO2 is 1. The molecule has 0 unspecified atom stereocenters. The van der Waals surface area contributed by atoms with Gasteiger partial charge in [-0.2, -0.15) is 0 Å². The average Bonchev–Trinajstić information content (AvgIpc) is 2.15. The van der Waals surface area contributed by atoms with Crippen molar-refractivity contribution in [3.63, 3.8) is 0 Å². The van der Waals surface area contributed by atoms with E-state index in [-0.39, 0.29) is 0 Å². The number of ether oxygens (including phenoxy) is 1. The van der Waals surface area contributed by atoms with Crippen molar-refractivity contribution < 1.29 is 4.74 Å². The molecular weight excluding hydrogens is 154 g/mol. The van der Waals surface area contributed by atoms with Gasteiger partial charge in [-0.3, -0.25) is 0 Å². The maximum Gasteiger partial charge on any atom is 0.119 e. The third-order valence-corrected chi connectivity index (χ3v) is 1.31. The zero-order valence-corrected chi connectivity index (χ0v) is 6.56. The Hall–Kier alpha value is -1.64. The lowest BCUT2D eigenvalue weighted by molar-refractivity contribution is 0.363. The van der Waals surface area contributed by atoms with Crippen molar-refractivity contribution in [1.29, 1.82) is 0 Å².